The lowest BCUT2D eigenvalue weighted by atomic mass is 10.1. The molecule has 17 heavy (non-hydrogen) atoms. The van der Waals surface area contributed by atoms with E-state index < -0.39 is 0 Å². The number of rotatable bonds is 3. The van der Waals surface area contributed by atoms with Gasteiger partial charge < -0.3 is 5.32 Å². The van der Waals surface area contributed by atoms with Gasteiger partial charge in [-0.15, -0.1) is 0 Å². The molecule has 0 aliphatic rings. The van der Waals surface area contributed by atoms with Crippen LogP contribution in [0.25, 0.3) is 0 Å². The van der Waals surface area contributed by atoms with Gasteiger partial charge in [-0.2, -0.15) is 16.6 Å². The number of anilines is 1. The van der Waals surface area contributed by atoms with E-state index in [4.69, 9.17) is 5.26 Å². The quantitative estimate of drug-likeness (QED) is 0.896. The van der Waals surface area contributed by atoms with Crippen LogP contribution in [0, 0.1) is 24.1 Å². The summed E-state index contributed by atoms with van der Waals surface area (Å²) in [5, 5.41) is 16.2. The van der Waals surface area contributed by atoms with Crippen molar-refractivity contribution < 1.29 is 4.39 Å². The predicted octanol–water partition coefficient (Wildman–Crippen LogP) is 3.68. The first-order valence-corrected chi connectivity index (χ1v) is 6.10. The van der Waals surface area contributed by atoms with Gasteiger partial charge in [0.25, 0.3) is 0 Å². The Balaban J connectivity index is 2.15. The van der Waals surface area contributed by atoms with Gasteiger partial charge in [-0.3, -0.25) is 0 Å². The predicted molar refractivity (Wildman–Crippen MR) is 67.5 cm³/mol. The summed E-state index contributed by atoms with van der Waals surface area (Å²) in [4.78, 5) is 0. The van der Waals surface area contributed by atoms with Crippen molar-refractivity contribution in [1.82, 2.24) is 0 Å². The van der Waals surface area contributed by atoms with E-state index in [0.717, 1.165) is 0 Å². The lowest BCUT2D eigenvalue weighted by molar-refractivity contribution is 0.627. The molecular formula is C13H11FN2S. The molecule has 0 fully saturated rings. The third kappa shape index (κ3) is 2.63. The third-order valence-electron chi connectivity index (χ3n) is 2.53. The average Bonchev–Trinajstić information content (AvgIpc) is 2.73. The van der Waals surface area contributed by atoms with E-state index in [1.54, 1.807) is 17.4 Å². The van der Waals surface area contributed by atoms with Crippen LogP contribution in [0.1, 0.15) is 16.7 Å². The van der Waals surface area contributed by atoms with Crippen LogP contribution in [0.15, 0.2) is 29.0 Å². The lowest BCUT2D eigenvalue weighted by Crippen LogP contribution is -2.01. The fourth-order valence-electron chi connectivity index (χ4n) is 1.52. The Kier molecular flexibility index (Phi) is 3.40. The van der Waals surface area contributed by atoms with E-state index in [2.05, 4.69) is 16.1 Å². The first kappa shape index (κ1) is 11.6. The molecule has 2 rings (SSSR count). The standard InChI is InChI=1S/C13H11FN2S/c1-9-7-17-8-11(9)6-16-13-3-2-12(14)4-10(13)5-15/h2-4,7-8,16H,6H2,1H3. The highest BCUT2D eigenvalue weighted by Crippen LogP contribution is 2.19. The average molecular weight is 246 g/mol. The molecule has 1 N–H and O–H groups in total. The highest BCUT2D eigenvalue weighted by molar-refractivity contribution is 7.08. The molecule has 1 aromatic carbocycles. The number of halogens is 1. The Morgan fingerprint density at radius 2 is 2.24 bits per heavy atom. The number of nitriles is 1. The van der Waals surface area contributed by atoms with Gasteiger partial charge in [0, 0.05) is 6.54 Å². The van der Waals surface area contributed by atoms with E-state index in [-0.39, 0.29) is 5.82 Å². The minimum atomic E-state index is -0.390. The molecule has 0 bridgehead atoms. The zero-order valence-corrected chi connectivity index (χ0v) is 10.1. The molecule has 1 aromatic heterocycles. The molecule has 4 heteroatoms. The molecule has 0 radical (unpaired) electrons. The summed E-state index contributed by atoms with van der Waals surface area (Å²) >= 11 is 1.65. The van der Waals surface area contributed by atoms with Gasteiger partial charge in [-0.25, -0.2) is 4.39 Å². The topological polar surface area (TPSA) is 35.8 Å². The third-order valence-corrected chi connectivity index (χ3v) is 3.44. The summed E-state index contributed by atoms with van der Waals surface area (Å²) in [6, 6.07) is 6.16. The molecule has 86 valence electrons. The Hall–Kier alpha value is -1.86. The maximum atomic E-state index is 12.9. The van der Waals surface area contributed by atoms with E-state index in [0.29, 0.717) is 17.8 Å². The van der Waals surface area contributed by atoms with Gasteiger partial charge in [0.2, 0.25) is 0 Å². The number of thiophene rings is 1. The second-order valence-corrected chi connectivity index (χ2v) is 4.48. The fourth-order valence-corrected chi connectivity index (χ4v) is 2.38. The number of nitrogens with zero attached hydrogens (tertiary/aromatic N) is 1. The Morgan fingerprint density at radius 3 is 2.88 bits per heavy atom. The van der Waals surface area contributed by atoms with E-state index >= 15 is 0 Å². The van der Waals surface area contributed by atoms with Crippen molar-refractivity contribution in [2.24, 2.45) is 0 Å². The van der Waals surface area contributed by atoms with Gasteiger partial charge in [-0.1, -0.05) is 0 Å². The molecule has 0 aliphatic heterocycles. The fraction of sp³-hybridized carbons (Fsp3) is 0.154. The zero-order chi connectivity index (χ0) is 12.3. The summed E-state index contributed by atoms with van der Waals surface area (Å²) in [6.45, 7) is 2.69. The molecule has 2 aromatic rings. The van der Waals surface area contributed by atoms with Crippen molar-refractivity contribution in [1.29, 1.82) is 5.26 Å². The minimum Gasteiger partial charge on any atom is -0.380 e. The molecule has 0 saturated heterocycles. The maximum Gasteiger partial charge on any atom is 0.124 e. The minimum absolute atomic E-state index is 0.331. The molecule has 0 amide bonds. The number of benzene rings is 1. The second-order valence-electron chi connectivity index (χ2n) is 3.74. The van der Waals surface area contributed by atoms with Crippen LogP contribution in [-0.4, -0.2) is 0 Å². The maximum absolute atomic E-state index is 12.9. The van der Waals surface area contributed by atoms with Crippen molar-refractivity contribution in [2.45, 2.75) is 13.5 Å². The molecule has 0 saturated carbocycles. The molecule has 1 heterocycles. The Labute approximate surface area is 103 Å². The van der Waals surface area contributed by atoms with Crippen molar-refractivity contribution >= 4 is 17.0 Å². The van der Waals surface area contributed by atoms with Gasteiger partial charge in [0.15, 0.2) is 0 Å². The van der Waals surface area contributed by atoms with Gasteiger partial charge >= 0.3 is 0 Å². The monoisotopic (exact) mass is 246 g/mol. The number of nitrogens with one attached hydrogen (secondary N) is 1. The summed E-state index contributed by atoms with van der Waals surface area (Å²) in [5.41, 5.74) is 3.42. The number of aryl methyl sites for hydroxylation is 1. The lowest BCUT2D eigenvalue weighted by Gasteiger charge is -2.07. The van der Waals surface area contributed by atoms with Crippen LogP contribution in [0.5, 0.6) is 0 Å². The van der Waals surface area contributed by atoms with Gasteiger partial charge in [-0.05, 0) is 47.0 Å². The van der Waals surface area contributed by atoms with Crippen molar-refractivity contribution in [3.05, 3.63) is 51.5 Å². The van der Waals surface area contributed by atoms with E-state index in [1.807, 2.05) is 13.0 Å². The summed E-state index contributed by atoms with van der Waals surface area (Å²) in [5.74, 6) is -0.390. The van der Waals surface area contributed by atoms with Crippen LogP contribution >= 0.6 is 11.3 Å². The largest absolute Gasteiger partial charge is 0.380 e. The molecule has 0 aliphatic carbocycles. The van der Waals surface area contributed by atoms with Gasteiger partial charge in [0.1, 0.15) is 11.9 Å². The van der Waals surface area contributed by atoms with E-state index in [1.165, 1.54) is 23.3 Å². The van der Waals surface area contributed by atoms with Crippen molar-refractivity contribution in [3.63, 3.8) is 0 Å². The van der Waals surface area contributed by atoms with E-state index in [9.17, 15) is 4.39 Å². The second kappa shape index (κ2) is 4.98. The molecule has 2 nitrogen and oxygen atoms in total. The number of hydrogen-bond donors (Lipinski definition) is 1. The van der Waals surface area contributed by atoms with Crippen LogP contribution in [0.4, 0.5) is 10.1 Å². The molecule has 0 spiro atoms. The first-order chi connectivity index (χ1) is 8.20. The molecule has 0 atom stereocenters. The zero-order valence-electron chi connectivity index (χ0n) is 9.33. The molecular weight excluding hydrogens is 235 g/mol. The Morgan fingerprint density at radius 1 is 1.41 bits per heavy atom. The van der Waals surface area contributed by atoms with Crippen LogP contribution in [-0.2, 0) is 6.54 Å². The Bertz CT molecular complexity index is 569. The first-order valence-electron chi connectivity index (χ1n) is 5.16. The highest BCUT2D eigenvalue weighted by atomic mass is 32.1. The van der Waals surface area contributed by atoms with Crippen LogP contribution in [0.3, 0.4) is 0 Å². The summed E-state index contributed by atoms with van der Waals surface area (Å²) in [6.07, 6.45) is 0. The SMILES string of the molecule is Cc1cscc1CNc1ccc(F)cc1C#N. The van der Waals surface area contributed by atoms with Crippen LogP contribution in [0.2, 0.25) is 0 Å². The van der Waals surface area contributed by atoms with Crippen LogP contribution < -0.4 is 5.32 Å². The molecule has 0 unspecified atom stereocenters. The van der Waals surface area contributed by atoms with Gasteiger partial charge in [0.05, 0.1) is 11.3 Å². The summed E-state index contributed by atoms with van der Waals surface area (Å²) < 4.78 is 12.9. The van der Waals surface area contributed by atoms with Crippen molar-refractivity contribution in [3.8, 4) is 6.07 Å². The van der Waals surface area contributed by atoms with Crippen molar-refractivity contribution in [2.75, 3.05) is 5.32 Å². The normalized spacial score (nSPS) is 9.94. The number of hydrogen-bond acceptors (Lipinski definition) is 3. The smallest absolute Gasteiger partial charge is 0.124 e. The highest BCUT2D eigenvalue weighted by Gasteiger charge is 2.04. The summed E-state index contributed by atoms with van der Waals surface area (Å²) in [7, 11) is 0.